The Hall–Kier alpha value is -0.550. The monoisotopic (exact) mass is 257 g/mol. The highest BCUT2D eigenvalue weighted by Gasteiger charge is 2.06. The van der Waals surface area contributed by atoms with Crippen LogP contribution in [0.3, 0.4) is 0 Å². The molecule has 0 radical (unpaired) electrons. The van der Waals surface area contributed by atoms with E-state index in [0.717, 1.165) is 29.0 Å². The molecule has 90 valence electrons. The first-order chi connectivity index (χ1) is 7.63. The molecule has 3 nitrogen and oxygen atoms in total. The van der Waals surface area contributed by atoms with Crippen LogP contribution in [0.1, 0.15) is 27.2 Å². The lowest BCUT2D eigenvalue weighted by molar-refractivity contribution is 0.528. The second kappa shape index (κ2) is 6.91. The van der Waals surface area contributed by atoms with E-state index in [4.69, 9.17) is 12.2 Å². The molecule has 0 amide bonds. The van der Waals surface area contributed by atoms with Gasteiger partial charge in [0.25, 0.3) is 0 Å². The van der Waals surface area contributed by atoms with Gasteiger partial charge in [0, 0.05) is 18.9 Å². The van der Waals surface area contributed by atoms with E-state index in [-0.39, 0.29) is 0 Å². The number of nitrogens with zero attached hydrogens (tertiary/aromatic N) is 2. The van der Waals surface area contributed by atoms with Crippen molar-refractivity contribution in [2.45, 2.75) is 33.7 Å². The van der Waals surface area contributed by atoms with E-state index >= 15 is 0 Å². The van der Waals surface area contributed by atoms with E-state index in [9.17, 15) is 0 Å². The average molecular weight is 257 g/mol. The van der Waals surface area contributed by atoms with Crippen LogP contribution in [0.15, 0.2) is 12.4 Å². The van der Waals surface area contributed by atoms with Gasteiger partial charge in [0.15, 0.2) is 0 Å². The van der Waals surface area contributed by atoms with Crippen molar-refractivity contribution in [2.75, 3.05) is 11.1 Å². The van der Waals surface area contributed by atoms with E-state index < -0.39 is 0 Å². The van der Waals surface area contributed by atoms with Gasteiger partial charge in [-0.25, -0.2) is 4.98 Å². The first-order valence-corrected chi connectivity index (χ1v) is 6.97. The molecule has 0 atom stereocenters. The van der Waals surface area contributed by atoms with E-state index in [1.54, 1.807) is 18.0 Å². The topological polar surface area (TPSA) is 29.9 Å². The molecule has 0 bridgehead atoms. The molecule has 1 heterocycles. The first-order valence-electron chi connectivity index (χ1n) is 5.58. The minimum atomic E-state index is 0.603. The lowest BCUT2D eigenvalue weighted by atomic mass is 10.2. The van der Waals surface area contributed by atoms with Crippen molar-refractivity contribution in [2.24, 2.45) is 5.92 Å². The Morgan fingerprint density at radius 1 is 1.62 bits per heavy atom. The van der Waals surface area contributed by atoms with E-state index in [0.29, 0.717) is 5.92 Å². The highest BCUT2D eigenvalue weighted by molar-refractivity contribution is 8.23. The van der Waals surface area contributed by atoms with Gasteiger partial charge in [-0.1, -0.05) is 44.8 Å². The number of hydrogen-bond acceptors (Lipinski definition) is 3. The lowest BCUT2D eigenvalue weighted by Gasteiger charge is -2.11. The summed E-state index contributed by atoms with van der Waals surface area (Å²) in [6, 6.07) is 0. The molecule has 16 heavy (non-hydrogen) atoms. The van der Waals surface area contributed by atoms with Crippen LogP contribution in [0.25, 0.3) is 0 Å². The van der Waals surface area contributed by atoms with Gasteiger partial charge in [-0.3, -0.25) is 0 Å². The van der Waals surface area contributed by atoms with Crippen LogP contribution in [0.5, 0.6) is 0 Å². The minimum Gasteiger partial charge on any atom is -0.317 e. The first kappa shape index (κ1) is 13.5. The summed E-state index contributed by atoms with van der Waals surface area (Å²) in [5.74, 6) is 2.51. The predicted octanol–water partition coefficient (Wildman–Crippen LogP) is 3.38. The number of thiocarbonyl (C=S) groups is 1. The molecule has 0 saturated heterocycles. The second-order valence-electron chi connectivity index (χ2n) is 4.06. The summed E-state index contributed by atoms with van der Waals surface area (Å²) in [5.41, 5.74) is 0. The molecule has 0 aromatic carbocycles. The van der Waals surface area contributed by atoms with E-state index in [1.165, 1.54) is 0 Å². The zero-order valence-corrected chi connectivity index (χ0v) is 11.7. The standard InChI is InChI=1S/C11H19N3S2/c1-4-7-16-11(15)13-10-12-5-6-14(10)8-9(2)3/h5-6,9H,4,7-8H2,1-3H3,(H,12,13,15). The molecule has 1 aromatic heterocycles. The maximum atomic E-state index is 5.24. The SMILES string of the molecule is CCCSC(=S)Nc1nccn1CC(C)C. The summed E-state index contributed by atoms with van der Waals surface area (Å²) in [6.07, 6.45) is 4.92. The van der Waals surface area contributed by atoms with Crippen LogP contribution in [0.4, 0.5) is 5.95 Å². The number of hydrogen-bond donors (Lipinski definition) is 1. The van der Waals surface area contributed by atoms with Gasteiger partial charge in [0.05, 0.1) is 0 Å². The summed E-state index contributed by atoms with van der Waals surface area (Å²) in [7, 11) is 0. The van der Waals surface area contributed by atoms with Gasteiger partial charge in [0.2, 0.25) is 5.95 Å². The summed E-state index contributed by atoms with van der Waals surface area (Å²) in [5, 5.41) is 3.18. The molecular formula is C11H19N3S2. The minimum absolute atomic E-state index is 0.603. The molecule has 0 saturated carbocycles. The van der Waals surface area contributed by atoms with Crippen LogP contribution in [0.2, 0.25) is 0 Å². The maximum Gasteiger partial charge on any atom is 0.208 e. The zero-order valence-electron chi connectivity index (χ0n) is 10.1. The summed E-state index contributed by atoms with van der Waals surface area (Å²) >= 11 is 6.91. The van der Waals surface area contributed by atoms with E-state index in [1.807, 2.05) is 6.20 Å². The summed E-state index contributed by atoms with van der Waals surface area (Å²) in [6.45, 7) is 7.49. The number of aromatic nitrogens is 2. The zero-order chi connectivity index (χ0) is 12.0. The molecule has 0 aliphatic carbocycles. The fourth-order valence-corrected chi connectivity index (χ4v) is 2.19. The molecular weight excluding hydrogens is 238 g/mol. The molecule has 0 unspecified atom stereocenters. The normalized spacial score (nSPS) is 10.8. The van der Waals surface area contributed by atoms with Crippen LogP contribution < -0.4 is 5.32 Å². The number of nitrogens with one attached hydrogen (secondary N) is 1. The molecule has 0 aliphatic heterocycles. The maximum absolute atomic E-state index is 5.24. The van der Waals surface area contributed by atoms with Crippen molar-refractivity contribution in [3.8, 4) is 0 Å². The van der Waals surface area contributed by atoms with Crippen LogP contribution >= 0.6 is 24.0 Å². The van der Waals surface area contributed by atoms with Crippen LogP contribution in [-0.2, 0) is 6.54 Å². The fraction of sp³-hybridized carbons (Fsp3) is 0.636. The third kappa shape index (κ3) is 4.53. The molecule has 0 aliphatic rings. The largest absolute Gasteiger partial charge is 0.317 e. The average Bonchev–Trinajstić information content (AvgIpc) is 2.62. The second-order valence-corrected chi connectivity index (χ2v) is 5.83. The molecule has 0 fully saturated rings. The third-order valence-electron chi connectivity index (χ3n) is 1.93. The highest BCUT2D eigenvalue weighted by atomic mass is 32.2. The Bertz CT molecular complexity index is 334. The third-order valence-corrected chi connectivity index (χ3v) is 3.36. The van der Waals surface area contributed by atoms with Crippen molar-refractivity contribution >= 4 is 34.2 Å². The Labute approximate surface area is 107 Å². The smallest absolute Gasteiger partial charge is 0.208 e. The highest BCUT2D eigenvalue weighted by Crippen LogP contribution is 2.12. The molecule has 5 heteroatoms. The Kier molecular flexibility index (Phi) is 5.84. The van der Waals surface area contributed by atoms with Crippen molar-refractivity contribution in [1.29, 1.82) is 0 Å². The van der Waals surface area contributed by atoms with Gasteiger partial charge < -0.3 is 9.88 Å². The molecule has 1 N–H and O–H groups in total. The molecule has 1 aromatic rings. The Morgan fingerprint density at radius 3 is 3.00 bits per heavy atom. The van der Waals surface area contributed by atoms with Crippen molar-refractivity contribution in [1.82, 2.24) is 9.55 Å². The fourth-order valence-electron chi connectivity index (χ4n) is 1.30. The van der Waals surface area contributed by atoms with Gasteiger partial charge in [-0.15, -0.1) is 0 Å². The number of thioether (sulfide) groups is 1. The van der Waals surface area contributed by atoms with Crippen molar-refractivity contribution in [3.05, 3.63) is 12.4 Å². The number of anilines is 1. The van der Waals surface area contributed by atoms with Gasteiger partial charge >= 0.3 is 0 Å². The van der Waals surface area contributed by atoms with Gasteiger partial charge in [-0.2, -0.15) is 0 Å². The lowest BCUT2D eigenvalue weighted by Crippen LogP contribution is -2.13. The molecule has 1 rings (SSSR count). The van der Waals surface area contributed by atoms with Crippen LogP contribution in [-0.4, -0.2) is 19.6 Å². The van der Waals surface area contributed by atoms with Gasteiger partial charge in [-0.05, 0) is 18.1 Å². The van der Waals surface area contributed by atoms with Crippen LogP contribution in [0, 0.1) is 5.92 Å². The quantitative estimate of drug-likeness (QED) is 0.819. The summed E-state index contributed by atoms with van der Waals surface area (Å²) < 4.78 is 2.90. The number of rotatable bonds is 5. The number of imidazole rings is 1. The predicted molar refractivity (Wildman–Crippen MR) is 76.0 cm³/mol. The van der Waals surface area contributed by atoms with Crippen molar-refractivity contribution in [3.63, 3.8) is 0 Å². The summed E-state index contributed by atoms with van der Waals surface area (Å²) in [4.78, 5) is 4.27. The molecule has 0 spiro atoms. The Morgan fingerprint density at radius 2 is 2.38 bits per heavy atom. The Balaban J connectivity index is 2.52. The van der Waals surface area contributed by atoms with E-state index in [2.05, 4.69) is 35.6 Å². The van der Waals surface area contributed by atoms with Gasteiger partial charge in [0.1, 0.15) is 4.32 Å². The van der Waals surface area contributed by atoms with Crippen molar-refractivity contribution < 1.29 is 0 Å².